The number of nitrogens with one attached hydrogen (secondary N) is 3. The summed E-state index contributed by atoms with van der Waals surface area (Å²) in [7, 11) is 0. The number of hydrogen-bond donors (Lipinski definition) is 3. The van der Waals surface area contributed by atoms with E-state index in [0.29, 0.717) is 18.8 Å². The molecule has 0 spiro atoms. The van der Waals surface area contributed by atoms with Gasteiger partial charge in [0.05, 0.1) is 0 Å². The van der Waals surface area contributed by atoms with Gasteiger partial charge in [-0.05, 0) is 82.4 Å². The van der Waals surface area contributed by atoms with E-state index in [2.05, 4.69) is 41.1 Å². The Morgan fingerprint density at radius 2 is 2.03 bits per heavy atom. The molecule has 2 heterocycles. The lowest BCUT2D eigenvalue weighted by molar-refractivity contribution is -0.157. The Hall–Kier alpha value is -3.36. The third-order valence-corrected chi connectivity index (χ3v) is 6.27. The van der Waals surface area contributed by atoms with Crippen molar-refractivity contribution in [2.75, 3.05) is 25.0 Å². The molecule has 1 aromatic rings. The number of unbranched alkanes of at least 4 members (excludes halogenated alkanes) is 1. The molecule has 0 saturated heterocycles. The fourth-order valence-corrected chi connectivity index (χ4v) is 4.35. The van der Waals surface area contributed by atoms with Gasteiger partial charge in [-0.2, -0.15) is 0 Å². The molecule has 1 aliphatic heterocycles. The fraction of sp³-hybridized carbons (Fsp3) is 0.586. The minimum Gasteiger partial charge on any atom is -0.458 e. The van der Waals surface area contributed by atoms with E-state index in [-0.39, 0.29) is 19.1 Å². The first-order valence-electron chi connectivity index (χ1n) is 13.6. The van der Waals surface area contributed by atoms with Crippen molar-refractivity contribution in [1.29, 1.82) is 0 Å². The van der Waals surface area contributed by atoms with Crippen molar-refractivity contribution in [3.05, 3.63) is 47.2 Å². The SMILES string of the molecule is CC1C=CC=C(COC(=O)NC(CNC(=O)CCCCc2ccc3c(n2)NCCC3)C(=O)OC(C)(C)C)C1. The number of anilines is 1. The molecule has 2 unspecified atom stereocenters. The second kappa shape index (κ2) is 14.0. The topological polar surface area (TPSA) is 119 Å². The zero-order chi connectivity index (χ0) is 27.5. The van der Waals surface area contributed by atoms with Gasteiger partial charge in [0.2, 0.25) is 5.91 Å². The highest BCUT2D eigenvalue weighted by molar-refractivity contribution is 5.83. The Kier molecular flexibility index (Phi) is 10.7. The third-order valence-electron chi connectivity index (χ3n) is 6.27. The summed E-state index contributed by atoms with van der Waals surface area (Å²) < 4.78 is 10.8. The van der Waals surface area contributed by atoms with Crippen LogP contribution in [0.4, 0.5) is 10.6 Å². The summed E-state index contributed by atoms with van der Waals surface area (Å²) in [4.78, 5) is 42.3. The monoisotopic (exact) mass is 526 g/mol. The van der Waals surface area contributed by atoms with Crippen LogP contribution in [0.3, 0.4) is 0 Å². The Morgan fingerprint density at radius 3 is 2.79 bits per heavy atom. The van der Waals surface area contributed by atoms with Gasteiger partial charge in [-0.1, -0.05) is 31.2 Å². The summed E-state index contributed by atoms with van der Waals surface area (Å²) in [6, 6.07) is 3.14. The van der Waals surface area contributed by atoms with Crippen LogP contribution in [0.1, 0.15) is 71.1 Å². The van der Waals surface area contributed by atoms with E-state index in [1.54, 1.807) is 20.8 Å². The predicted molar refractivity (Wildman–Crippen MR) is 147 cm³/mol. The molecule has 9 heteroatoms. The maximum Gasteiger partial charge on any atom is 0.408 e. The van der Waals surface area contributed by atoms with E-state index < -0.39 is 23.7 Å². The van der Waals surface area contributed by atoms with Gasteiger partial charge in [-0.15, -0.1) is 0 Å². The van der Waals surface area contributed by atoms with Crippen molar-refractivity contribution in [1.82, 2.24) is 15.6 Å². The number of allylic oxidation sites excluding steroid dienone is 3. The molecule has 0 aromatic carbocycles. The van der Waals surface area contributed by atoms with Gasteiger partial charge in [0, 0.05) is 25.2 Å². The predicted octanol–water partition coefficient (Wildman–Crippen LogP) is 4.23. The summed E-state index contributed by atoms with van der Waals surface area (Å²) >= 11 is 0. The molecule has 3 rings (SSSR count). The molecule has 2 aliphatic rings. The van der Waals surface area contributed by atoms with Crippen LogP contribution in [0.2, 0.25) is 0 Å². The number of nitrogens with zero attached hydrogens (tertiary/aromatic N) is 1. The number of hydrogen-bond acceptors (Lipinski definition) is 7. The lowest BCUT2D eigenvalue weighted by Gasteiger charge is -2.24. The van der Waals surface area contributed by atoms with Gasteiger partial charge in [0.25, 0.3) is 0 Å². The van der Waals surface area contributed by atoms with Crippen LogP contribution >= 0.6 is 0 Å². The molecule has 2 atom stereocenters. The summed E-state index contributed by atoms with van der Waals surface area (Å²) in [5, 5.41) is 8.64. The maximum atomic E-state index is 12.7. The highest BCUT2D eigenvalue weighted by Crippen LogP contribution is 2.20. The molecule has 3 N–H and O–H groups in total. The zero-order valence-electron chi connectivity index (χ0n) is 23.1. The van der Waals surface area contributed by atoms with Crippen molar-refractivity contribution in [2.45, 2.75) is 84.3 Å². The van der Waals surface area contributed by atoms with Crippen LogP contribution < -0.4 is 16.0 Å². The number of carbonyl (C=O) groups excluding carboxylic acids is 3. The van der Waals surface area contributed by atoms with Crippen molar-refractivity contribution in [3.8, 4) is 0 Å². The van der Waals surface area contributed by atoms with E-state index in [9.17, 15) is 14.4 Å². The molecule has 38 heavy (non-hydrogen) atoms. The van der Waals surface area contributed by atoms with Gasteiger partial charge in [-0.25, -0.2) is 14.6 Å². The van der Waals surface area contributed by atoms with Gasteiger partial charge in [0.1, 0.15) is 24.1 Å². The van der Waals surface area contributed by atoms with Gasteiger partial charge in [0.15, 0.2) is 0 Å². The van der Waals surface area contributed by atoms with Crippen LogP contribution in [0.25, 0.3) is 0 Å². The van der Waals surface area contributed by atoms with Crippen molar-refractivity contribution < 1.29 is 23.9 Å². The number of rotatable bonds is 11. The second-order valence-electron chi connectivity index (χ2n) is 11.0. The summed E-state index contributed by atoms with van der Waals surface area (Å²) in [5.74, 6) is 0.544. The van der Waals surface area contributed by atoms with Crippen LogP contribution in [-0.2, 0) is 31.9 Å². The summed E-state index contributed by atoms with van der Waals surface area (Å²) in [5.41, 5.74) is 2.54. The van der Waals surface area contributed by atoms with Crippen LogP contribution in [0.15, 0.2) is 35.9 Å². The quantitative estimate of drug-likeness (QED) is 0.292. The number of aromatic nitrogens is 1. The number of aryl methyl sites for hydroxylation is 2. The molecule has 1 aromatic heterocycles. The molecule has 208 valence electrons. The molecule has 1 aliphatic carbocycles. The second-order valence-corrected chi connectivity index (χ2v) is 11.0. The number of ether oxygens (including phenoxy) is 2. The minimum atomic E-state index is -1.06. The first-order chi connectivity index (χ1) is 18.1. The van der Waals surface area contributed by atoms with E-state index in [1.165, 1.54) is 5.56 Å². The van der Waals surface area contributed by atoms with Crippen molar-refractivity contribution in [3.63, 3.8) is 0 Å². The number of alkyl carbamates (subject to hydrolysis) is 1. The molecule has 0 fully saturated rings. The third kappa shape index (κ3) is 10.2. The standard InChI is InChI=1S/C29H42N4O5/c1-20-9-7-10-21(17-20)19-37-28(36)33-24(27(35)38-29(2,3)4)18-31-25(34)13-6-5-12-23-15-14-22-11-8-16-30-26(22)32-23/h7,9-10,14-15,20,24H,5-6,8,11-13,16-19H2,1-4H3,(H,30,32)(H,31,34)(H,33,36). The lowest BCUT2D eigenvalue weighted by Crippen LogP contribution is -2.50. The number of esters is 1. The fourth-order valence-electron chi connectivity index (χ4n) is 4.35. The van der Waals surface area contributed by atoms with E-state index in [1.807, 2.05) is 12.2 Å². The van der Waals surface area contributed by atoms with Crippen molar-refractivity contribution in [2.24, 2.45) is 5.92 Å². The lowest BCUT2D eigenvalue weighted by atomic mass is 9.97. The number of fused-ring (bicyclic) bond motifs is 1. The Bertz CT molecular complexity index is 1040. The average molecular weight is 527 g/mol. The average Bonchev–Trinajstić information content (AvgIpc) is 2.86. The molecule has 9 nitrogen and oxygen atoms in total. The highest BCUT2D eigenvalue weighted by atomic mass is 16.6. The van der Waals surface area contributed by atoms with Crippen LogP contribution in [-0.4, -0.2) is 54.3 Å². The molecule has 0 bridgehead atoms. The van der Waals surface area contributed by atoms with E-state index >= 15 is 0 Å². The maximum absolute atomic E-state index is 12.7. The van der Waals surface area contributed by atoms with Crippen LogP contribution in [0.5, 0.6) is 0 Å². The Labute approximate surface area is 225 Å². The minimum absolute atomic E-state index is 0.0800. The van der Waals surface area contributed by atoms with Crippen LogP contribution in [0, 0.1) is 5.92 Å². The molecule has 2 amide bonds. The number of pyridine rings is 1. The summed E-state index contributed by atoms with van der Waals surface area (Å²) in [6.45, 7) is 8.35. The van der Waals surface area contributed by atoms with Gasteiger partial charge < -0.3 is 25.4 Å². The first-order valence-corrected chi connectivity index (χ1v) is 13.6. The first kappa shape index (κ1) is 29.2. The largest absolute Gasteiger partial charge is 0.458 e. The molecule has 0 radical (unpaired) electrons. The Balaban J connectivity index is 1.42. The smallest absolute Gasteiger partial charge is 0.408 e. The van der Waals surface area contributed by atoms with E-state index in [4.69, 9.17) is 14.5 Å². The highest BCUT2D eigenvalue weighted by Gasteiger charge is 2.28. The normalized spacial score (nSPS) is 17.4. The summed E-state index contributed by atoms with van der Waals surface area (Å²) in [6.07, 6.45) is 10.9. The van der Waals surface area contributed by atoms with E-state index in [0.717, 1.165) is 55.7 Å². The van der Waals surface area contributed by atoms with Gasteiger partial charge >= 0.3 is 12.1 Å². The van der Waals surface area contributed by atoms with Crippen molar-refractivity contribution >= 4 is 23.8 Å². The molecular formula is C29H42N4O5. The Morgan fingerprint density at radius 1 is 1.21 bits per heavy atom. The molecule has 0 saturated carbocycles. The molecular weight excluding hydrogens is 484 g/mol. The number of amides is 2. The zero-order valence-corrected chi connectivity index (χ0v) is 23.1. The number of carbonyl (C=O) groups is 3. The van der Waals surface area contributed by atoms with Gasteiger partial charge in [-0.3, -0.25) is 4.79 Å².